The van der Waals surface area contributed by atoms with E-state index < -0.39 is 0 Å². The number of rotatable bonds is 1. The zero-order chi connectivity index (χ0) is 11.0. The Bertz CT molecular complexity index is 360. The van der Waals surface area contributed by atoms with Gasteiger partial charge in [0.15, 0.2) is 0 Å². The average molecular weight is 220 g/mol. The number of hydrogen-bond acceptors (Lipinski definition) is 3. The zero-order valence-corrected chi connectivity index (χ0v) is 9.89. The predicted octanol–water partition coefficient (Wildman–Crippen LogP) is 0.697. The monoisotopic (exact) mass is 220 g/mol. The van der Waals surface area contributed by atoms with Crippen molar-refractivity contribution in [1.29, 1.82) is 0 Å². The molecule has 16 heavy (non-hydrogen) atoms. The maximum atomic E-state index is 4.43. The van der Waals surface area contributed by atoms with Gasteiger partial charge in [-0.05, 0) is 25.4 Å². The fourth-order valence-corrected chi connectivity index (χ4v) is 3.02. The van der Waals surface area contributed by atoms with Crippen molar-refractivity contribution in [3.05, 3.63) is 18.2 Å². The normalized spacial score (nSPS) is 31.3. The molecule has 4 nitrogen and oxygen atoms in total. The summed E-state index contributed by atoms with van der Waals surface area (Å²) in [6.07, 6.45) is 5.30. The lowest BCUT2D eigenvalue weighted by Crippen LogP contribution is -2.50. The maximum absolute atomic E-state index is 4.43. The van der Waals surface area contributed by atoms with Crippen LogP contribution in [-0.2, 0) is 13.1 Å². The van der Waals surface area contributed by atoms with Crippen LogP contribution in [0.1, 0.15) is 19.2 Å². The first-order valence-corrected chi connectivity index (χ1v) is 6.29. The van der Waals surface area contributed by atoms with E-state index in [1.165, 1.54) is 25.3 Å². The minimum absolute atomic E-state index is 0.742. The number of aromatic nitrogens is 2. The van der Waals surface area contributed by atoms with E-state index in [0.717, 1.165) is 31.6 Å². The summed E-state index contributed by atoms with van der Waals surface area (Å²) >= 11 is 0. The second-order valence-electron chi connectivity index (χ2n) is 5.04. The van der Waals surface area contributed by atoms with Gasteiger partial charge in [-0.15, -0.1) is 0 Å². The van der Waals surface area contributed by atoms with Gasteiger partial charge in [0.05, 0.1) is 6.54 Å². The molecule has 2 atom stereocenters. The molecule has 3 heterocycles. The summed E-state index contributed by atoms with van der Waals surface area (Å²) in [5.41, 5.74) is 0. The van der Waals surface area contributed by atoms with Crippen LogP contribution in [0.4, 0.5) is 0 Å². The molecule has 2 aliphatic heterocycles. The lowest BCUT2D eigenvalue weighted by molar-refractivity contribution is 0.0907. The second kappa shape index (κ2) is 4.18. The van der Waals surface area contributed by atoms with E-state index in [1.807, 2.05) is 6.20 Å². The molecule has 0 aromatic carbocycles. The Morgan fingerprint density at radius 1 is 1.44 bits per heavy atom. The van der Waals surface area contributed by atoms with Crippen molar-refractivity contribution in [1.82, 2.24) is 19.8 Å². The van der Waals surface area contributed by atoms with Gasteiger partial charge in [0.25, 0.3) is 0 Å². The van der Waals surface area contributed by atoms with Gasteiger partial charge in [-0.2, -0.15) is 0 Å². The van der Waals surface area contributed by atoms with Crippen LogP contribution in [0.5, 0.6) is 0 Å². The maximum Gasteiger partial charge on any atom is 0.122 e. The van der Waals surface area contributed by atoms with Crippen LogP contribution in [0.2, 0.25) is 0 Å². The molecule has 0 aliphatic carbocycles. The first-order valence-electron chi connectivity index (χ1n) is 6.29. The molecule has 0 spiro atoms. The van der Waals surface area contributed by atoms with Crippen LogP contribution in [0.25, 0.3) is 0 Å². The summed E-state index contributed by atoms with van der Waals surface area (Å²) in [5, 5.41) is 3.47. The van der Waals surface area contributed by atoms with Crippen molar-refractivity contribution < 1.29 is 0 Å². The van der Waals surface area contributed by atoms with E-state index >= 15 is 0 Å². The summed E-state index contributed by atoms with van der Waals surface area (Å²) in [7, 11) is 0. The number of hydrogen-bond donors (Lipinski definition) is 1. The number of piperidine rings is 1. The molecule has 1 saturated heterocycles. The van der Waals surface area contributed by atoms with Crippen molar-refractivity contribution in [2.75, 3.05) is 19.6 Å². The molecule has 1 fully saturated rings. The smallest absolute Gasteiger partial charge is 0.122 e. The van der Waals surface area contributed by atoms with Crippen LogP contribution < -0.4 is 5.32 Å². The molecule has 88 valence electrons. The molecule has 2 unspecified atom stereocenters. The number of imidazole rings is 1. The van der Waals surface area contributed by atoms with Gasteiger partial charge in [-0.25, -0.2) is 4.98 Å². The summed E-state index contributed by atoms with van der Waals surface area (Å²) in [5.74, 6) is 1.99. The number of nitrogens with one attached hydrogen (secondary N) is 1. The molecule has 1 N–H and O–H groups in total. The van der Waals surface area contributed by atoms with E-state index in [1.54, 1.807) is 0 Å². The summed E-state index contributed by atoms with van der Waals surface area (Å²) in [6.45, 7) is 8.00. The van der Waals surface area contributed by atoms with E-state index in [9.17, 15) is 0 Å². The fourth-order valence-electron chi connectivity index (χ4n) is 3.02. The third-order valence-corrected chi connectivity index (χ3v) is 3.98. The molecule has 1 aromatic heterocycles. The van der Waals surface area contributed by atoms with Crippen molar-refractivity contribution in [2.45, 2.75) is 32.5 Å². The summed E-state index contributed by atoms with van der Waals surface area (Å²) < 4.78 is 2.28. The number of nitrogens with zero attached hydrogens (tertiary/aromatic N) is 3. The minimum Gasteiger partial charge on any atom is -0.333 e. The quantitative estimate of drug-likeness (QED) is 0.756. The largest absolute Gasteiger partial charge is 0.333 e. The Morgan fingerprint density at radius 2 is 2.38 bits per heavy atom. The minimum atomic E-state index is 0.742. The molecule has 2 aliphatic rings. The first-order chi connectivity index (χ1) is 7.84. The Hall–Kier alpha value is -0.870. The van der Waals surface area contributed by atoms with Gasteiger partial charge in [-0.1, -0.05) is 6.92 Å². The summed E-state index contributed by atoms with van der Waals surface area (Å²) in [4.78, 5) is 7.05. The standard InChI is InChI=1S/C12H20N4/c1-10-8-13-3-2-11(10)16-7-6-15-5-4-14-12(15)9-16/h4-5,10-11,13H,2-3,6-9H2,1H3. The molecular formula is C12H20N4. The highest BCUT2D eigenvalue weighted by Crippen LogP contribution is 2.22. The van der Waals surface area contributed by atoms with E-state index in [-0.39, 0.29) is 0 Å². The summed E-state index contributed by atoms with van der Waals surface area (Å²) in [6, 6.07) is 0.742. The van der Waals surface area contributed by atoms with E-state index in [0.29, 0.717) is 0 Å². The Labute approximate surface area is 96.7 Å². The van der Waals surface area contributed by atoms with Crippen molar-refractivity contribution in [3.63, 3.8) is 0 Å². The molecule has 0 amide bonds. The topological polar surface area (TPSA) is 33.1 Å². The van der Waals surface area contributed by atoms with Gasteiger partial charge >= 0.3 is 0 Å². The van der Waals surface area contributed by atoms with E-state index in [4.69, 9.17) is 0 Å². The van der Waals surface area contributed by atoms with Crippen LogP contribution in [0, 0.1) is 5.92 Å². The van der Waals surface area contributed by atoms with E-state index in [2.05, 4.69) is 32.9 Å². The molecular weight excluding hydrogens is 200 g/mol. The molecule has 0 saturated carbocycles. The SMILES string of the molecule is CC1CNCCC1N1CCn2ccnc2C1. The first kappa shape index (κ1) is 10.3. The lowest BCUT2D eigenvalue weighted by atomic mass is 9.93. The third-order valence-electron chi connectivity index (χ3n) is 3.98. The molecule has 0 bridgehead atoms. The fraction of sp³-hybridized carbons (Fsp3) is 0.750. The van der Waals surface area contributed by atoms with Gasteiger partial charge in [0.2, 0.25) is 0 Å². The Morgan fingerprint density at radius 3 is 3.25 bits per heavy atom. The number of fused-ring (bicyclic) bond motifs is 1. The highest BCUT2D eigenvalue weighted by atomic mass is 15.3. The zero-order valence-electron chi connectivity index (χ0n) is 9.89. The van der Waals surface area contributed by atoms with Crippen LogP contribution in [-0.4, -0.2) is 40.1 Å². The Balaban J connectivity index is 1.72. The highest BCUT2D eigenvalue weighted by Gasteiger charge is 2.29. The second-order valence-corrected chi connectivity index (χ2v) is 5.04. The lowest BCUT2D eigenvalue weighted by Gasteiger charge is -2.40. The van der Waals surface area contributed by atoms with Crippen LogP contribution in [0.3, 0.4) is 0 Å². The molecule has 0 radical (unpaired) electrons. The molecule has 1 aromatic rings. The molecule has 3 rings (SSSR count). The molecule has 4 heteroatoms. The van der Waals surface area contributed by atoms with Crippen molar-refractivity contribution in [2.24, 2.45) is 5.92 Å². The third kappa shape index (κ3) is 1.76. The van der Waals surface area contributed by atoms with Gasteiger partial charge in [-0.3, -0.25) is 4.90 Å². The average Bonchev–Trinajstić information content (AvgIpc) is 2.76. The highest BCUT2D eigenvalue weighted by molar-refractivity contribution is 4.97. The van der Waals surface area contributed by atoms with Crippen LogP contribution in [0.15, 0.2) is 12.4 Å². The van der Waals surface area contributed by atoms with Gasteiger partial charge < -0.3 is 9.88 Å². The predicted molar refractivity (Wildman–Crippen MR) is 63.1 cm³/mol. The van der Waals surface area contributed by atoms with Crippen molar-refractivity contribution in [3.8, 4) is 0 Å². The van der Waals surface area contributed by atoms with Crippen molar-refractivity contribution >= 4 is 0 Å². The Kier molecular flexibility index (Phi) is 2.69. The van der Waals surface area contributed by atoms with Crippen LogP contribution >= 0.6 is 0 Å². The van der Waals surface area contributed by atoms with Gasteiger partial charge in [0, 0.05) is 31.5 Å². The van der Waals surface area contributed by atoms with Gasteiger partial charge in [0.1, 0.15) is 5.82 Å².